The van der Waals surface area contributed by atoms with Crippen molar-refractivity contribution in [3.05, 3.63) is 0 Å². The van der Waals surface area contributed by atoms with E-state index in [1.165, 1.54) is 7.11 Å². The molecule has 122 valence electrons. The maximum Gasteiger partial charge on any atom is 0.246 e. The maximum atomic E-state index is 11.3. The number of hydrogen-bond donors (Lipinski definition) is 3. The van der Waals surface area contributed by atoms with Gasteiger partial charge in [-0.05, 0) is 33.0 Å². The van der Waals surface area contributed by atoms with Gasteiger partial charge >= 0.3 is 0 Å². The number of rotatable bonds is 6. The van der Waals surface area contributed by atoms with Gasteiger partial charge < -0.3 is 30.1 Å². The molecule has 7 heteroatoms. The van der Waals surface area contributed by atoms with E-state index in [0.29, 0.717) is 19.2 Å². The van der Waals surface area contributed by atoms with Crippen LogP contribution in [0.15, 0.2) is 0 Å². The normalized spacial score (nSPS) is 31.5. The third kappa shape index (κ3) is 4.89. The van der Waals surface area contributed by atoms with Crippen molar-refractivity contribution in [2.45, 2.75) is 37.1 Å². The first-order chi connectivity index (χ1) is 10.1. The highest BCUT2D eigenvalue weighted by Gasteiger charge is 2.37. The van der Waals surface area contributed by atoms with E-state index in [9.17, 15) is 9.90 Å². The first kappa shape index (κ1) is 16.6. The highest BCUT2D eigenvalue weighted by atomic mass is 16.5. The minimum atomic E-state index is -0.590. The number of ether oxygens (including phenoxy) is 2. The molecule has 0 aromatic carbocycles. The number of nitrogens with zero attached hydrogens (tertiary/aromatic N) is 1. The Morgan fingerprint density at radius 3 is 2.81 bits per heavy atom. The molecule has 0 bridgehead atoms. The lowest BCUT2D eigenvalue weighted by Gasteiger charge is -2.32. The lowest BCUT2D eigenvalue weighted by atomic mass is 10.0. The molecule has 7 nitrogen and oxygen atoms in total. The van der Waals surface area contributed by atoms with Crippen molar-refractivity contribution in [2.75, 3.05) is 47.0 Å². The lowest BCUT2D eigenvalue weighted by molar-refractivity contribution is -0.125. The molecule has 3 N–H and O–H groups in total. The molecule has 0 aliphatic carbocycles. The van der Waals surface area contributed by atoms with Crippen LogP contribution in [0, 0.1) is 0 Å². The number of aliphatic hydroxyl groups excluding tert-OH is 1. The smallest absolute Gasteiger partial charge is 0.246 e. The summed E-state index contributed by atoms with van der Waals surface area (Å²) >= 11 is 0. The maximum absolute atomic E-state index is 11.3. The Bertz CT molecular complexity index is 334. The van der Waals surface area contributed by atoms with Crippen molar-refractivity contribution in [3.8, 4) is 0 Å². The number of hydrogen-bond acceptors (Lipinski definition) is 6. The fraction of sp³-hybridized carbons (Fsp3) is 0.929. The molecule has 0 radical (unpaired) electrons. The van der Waals surface area contributed by atoms with Gasteiger partial charge in [0.05, 0.1) is 18.8 Å². The standard InChI is InChI=1S/C14H27N3O4/c1-17-5-3-10(4-6-17)16-11-8-21-12(14(11)19)7-15-13(18)9-20-2/h10-12,14,16,19H,3-9H2,1-2H3,(H,15,18). The molecule has 2 aliphatic heterocycles. The van der Waals surface area contributed by atoms with Gasteiger partial charge in [0.25, 0.3) is 0 Å². The number of methoxy groups -OCH3 is 1. The van der Waals surface area contributed by atoms with Crippen molar-refractivity contribution in [1.29, 1.82) is 0 Å². The molecule has 2 saturated heterocycles. The van der Waals surface area contributed by atoms with Gasteiger partial charge in [0.2, 0.25) is 5.91 Å². The molecule has 3 unspecified atom stereocenters. The number of amides is 1. The highest BCUT2D eigenvalue weighted by Crippen LogP contribution is 2.17. The summed E-state index contributed by atoms with van der Waals surface area (Å²) < 4.78 is 10.3. The van der Waals surface area contributed by atoms with Gasteiger partial charge in [0.1, 0.15) is 12.7 Å². The largest absolute Gasteiger partial charge is 0.389 e. The summed E-state index contributed by atoms with van der Waals surface area (Å²) in [5.41, 5.74) is 0. The molecule has 2 aliphatic rings. The molecular formula is C14H27N3O4. The van der Waals surface area contributed by atoms with Crippen LogP contribution in [-0.2, 0) is 14.3 Å². The third-order valence-corrected chi connectivity index (χ3v) is 4.23. The zero-order chi connectivity index (χ0) is 15.2. The van der Waals surface area contributed by atoms with E-state index in [-0.39, 0.29) is 24.7 Å². The molecular weight excluding hydrogens is 274 g/mol. The summed E-state index contributed by atoms with van der Waals surface area (Å²) in [4.78, 5) is 13.7. The Morgan fingerprint density at radius 1 is 1.43 bits per heavy atom. The predicted molar refractivity (Wildman–Crippen MR) is 78.1 cm³/mol. The first-order valence-electron chi connectivity index (χ1n) is 7.60. The summed E-state index contributed by atoms with van der Waals surface area (Å²) in [6.45, 7) is 2.99. The summed E-state index contributed by atoms with van der Waals surface area (Å²) in [7, 11) is 3.60. The highest BCUT2D eigenvalue weighted by molar-refractivity contribution is 5.77. The second-order valence-electron chi connectivity index (χ2n) is 5.95. The van der Waals surface area contributed by atoms with E-state index in [4.69, 9.17) is 9.47 Å². The van der Waals surface area contributed by atoms with Crippen LogP contribution in [0.5, 0.6) is 0 Å². The minimum absolute atomic E-state index is 0.0279. The number of likely N-dealkylation sites (tertiary alicyclic amines) is 1. The lowest BCUT2D eigenvalue weighted by Crippen LogP contribution is -2.51. The van der Waals surface area contributed by atoms with E-state index >= 15 is 0 Å². The van der Waals surface area contributed by atoms with Crippen LogP contribution in [0.2, 0.25) is 0 Å². The fourth-order valence-electron chi connectivity index (χ4n) is 2.88. The van der Waals surface area contributed by atoms with Crippen molar-refractivity contribution in [2.24, 2.45) is 0 Å². The van der Waals surface area contributed by atoms with Crippen LogP contribution >= 0.6 is 0 Å². The van der Waals surface area contributed by atoms with E-state index in [2.05, 4.69) is 22.6 Å². The van der Waals surface area contributed by atoms with E-state index in [1.54, 1.807) is 0 Å². The summed E-state index contributed by atoms with van der Waals surface area (Å²) in [5.74, 6) is -0.194. The molecule has 2 heterocycles. The molecule has 1 amide bonds. The van der Waals surface area contributed by atoms with Crippen molar-refractivity contribution < 1.29 is 19.4 Å². The van der Waals surface area contributed by atoms with Crippen LogP contribution in [0.3, 0.4) is 0 Å². The summed E-state index contributed by atoms with van der Waals surface area (Å²) in [6.07, 6.45) is 1.24. The van der Waals surface area contributed by atoms with Gasteiger partial charge in [-0.15, -0.1) is 0 Å². The van der Waals surface area contributed by atoms with Gasteiger partial charge in [0.15, 0.2) is 0 Å². The number of aliphatic hydroxyl groups is 1. The second-order valence-corrected chi connectivity index (χ2v) is 5.95. The number of carbonyl (C=O) groups excluding carboxylic acids is 1. The topological polar surface area (TPSA) is 83.1 Å². The van der Waals surface area contributed by atoms with Crippen LogP contribution < -0.4 is 10.6 Å². The molecule has 0 saturated carbocycles. The molecule has 0 spiro atoms. The minimum Gasteiger partial charge on any atom is -0.389 e. The zero-order valence-electron chi connectivity index (χ0n) is 12.9. The Kier molecular flexibility index (Phi) is 6.38. The van der Waals surface area contributed by atoms with E-state index in [0.717, 1.165) is 25.9 Å². The van der Waals surface area contributed by atoms with Gasteiger partial charge in [-0.25, -0.2) is 0 Å². The SMILES string of the molecule is COCC(=O)NCC1OCC(NC2CCN(C)CC2)C1O. The van der Waals surface area contributed by atoms with Gasteiger partial charge in [0, 0.05) is 19.7 Å². The Hall–Kier alpha value is -0.730. The van der Waals surface area contributed by atoms with E-state index < -0.39 is 6.10 Å². The zero-order valence-corrected chi connectivity index (χ0v) is 12.9. The quantitative estimate of drug-likeness (QED) is 0.557. The second kappa shape index (κ2) is 8.05. The van der Waals surface area contributed by atoms with Crippen molar-refractivity contribution >= 4 is 5.91 Å². The monoisotopic (exact) mass is 301 g/mol. The van der Waals surface area contributed by atoms with E-state index in [1.807, 2.05) is 0 Å². The molecule has 2 rings (SSSR count). The van der Waals surface area contributed by atoms with Crippen LogP contribution in [0.1, 0.15) is 12.8 Å². The van der Waals surface area contributed by atoms with Crippen molar-refractivity contribution in [1.82, 2.24) is 15.5 Å². The molecule has 3 atom stereocenters. The van der Waals surface area contributed by atoms with Crippen LogP contribution in [-0.4, -0.2) is 87.2 Å². The van der Waals surface area contributed by atoms with Gasteiger partial charge in [-0.2, -0.15) is 0 Å². The Labute approximate surface area is 126 Å². The Morgan fingerprint density at radius 2 is 2.14 bits per heavy atom. The summed E-state index contributed by atoms with van der Waals surface area (Å²) in [5, 5.41) is 16.5. The first-order valence-corrected chi connectivity index (χ1v) is 7.60. The van der Waals surface area contributed by atoms with Crippen LogP contribution in [0.25, 0.3) is 0 Å². The third-order valence-electron chi connectivity index (χ3n) is 4.23. The number of piperidine rings is 1. The fourth-order valence-corrected chi connectivity index (χ4v) is 2.88. The number of carbonyl (C=O) groups is 1. The molecule has 21 heavy (non-hydrogen) atoms. The van der Waals surface area contributed by atoms with Crippen LogP contribution in [0.4, 0.5) is 0 Å². The Balaban J connectivity index is 1.71. The van der Waals surface area contributed by atoms with Gasteiger partial charge in [-0.3, -0.25) is 4.79 Å². The van der Waals surface area contributed by atoms with Crippen molar-refractivity contribution in [3.63, 3.8) is 0 Å². The number of nitrogens with one attached hydrogen (secondary N) is 2. The molecule has 0 aromatic rings. The average molecular weight is 301 g/mol. The van der Waals surface area contributed by atoms with Gasteiger partial charge in [-0.1, -0.05) is 0 Å². The summed E-state index contributed by atoms with van der Waals surface area (Å²) in [6, 6.07) is 0.383. The predicted octanol–water partition coefficient (Wildman–Crippen LogP) is -1.44. The average Bonchev–Trinajstić information content (AvgIpc) is 2.80. The molecule has 0 aromatic heterocycles. The molecule has 2 fully saturated rings.